The fraction of sp³-hybridized carbons (Fsp3) is 0.538. The zero-order valence-electron chi connectivity index (χ0n) is 11.9. The molecular formula is C13H19N5OS. The number of carbonyl (C=O) groups is 1. The first-order chi connectivity index (χ1) is 9.58. The summed E-state index contributed by atoms with van der Waals surface area (Å²) in [4.78, 5) is 19.0. The van der Waals surface area contributed by atoms with Gasteiger partial charge in [-0.2, -0.15) is 0 Å². The van der Waals surface area contributed by atoms with Gasteiger partial charge in [-0.1, -0.05) is 37.0 Å². The molecule has 7 heteroatoms. The van der Waals surface area contributed by atoms with Gasteiger partial charge in [0.1, 0.15) is 0 Å². The number of nitrogens with zero attached hydrogens (tertiary/aromatic N) is 4. The van der Waals surface area contributed by atoms with Crippen molar-refractivity contribution in [3.63, 3.8) is 0 Å². The molecule has 1 rings (SSSR count). The molecule has 1 heterocycles. The van der Waals surface area contributed by atoms with E-state index in [9.17, 15) is 4.79 Å². The zero-order valence-corrected chi connectivity index (χ0v) is 12.7. The van der Waals surface area contributed by atoms with Crippen LogP contribution in [0.4, 0.5) is 0 Å². The molecule has 20 heavy (non-hydrogen) atoms. The van der Waals surface area contributed by atoms with E-state index in [2.05, 4.69) is 19.7 Å². The lowest BCUT2D eigenvalue weighted by molar-refractivity contribution is -0.123. The number of Topliss-reactive ketones (excluding diaryl/α,β-unsaturated/α-hetero) is 1. The molecule has 0 saturated carbocycles. The lowest BCUT2D eigenvalue weighted by Crippen LogP contribution is -2.37. The predicted molar refractivity (Wildman–Crippen MR) is 81.1 cm³/mol. The van der Waals surface area contributed by atoms with Crippen molar-refractivity contribution in [3.8, 4) is 0 Å². The molecule has 0 bridgehead atoms. The Hall–Kier alpha value is -1.56. The molecule has 108 valence electrons. The lowest BCUT2D eigenvalue weighted by Gasteiger charge is -2.18. The summed E-state index contributed by atoms with van der Waals surface area (Å²) in [5.41, 5.74) is 9.96. The average molecular weight is 293 g/mol. The molecule has 1 aromatic rings. The molecule has 0 unspecified atom stereocenters. The van der Waals surface area contributed by atoms with E-state index in [0.29, 0.717) is 6.42 Å². The largest absolute Gasteiger partial charge is 0.298 e. The molecule has 6 nitrogen and oxygen atoms in total. The summed E-state index contributed by atoms with van der Waals surface area (Å²) in [6.07, 6.45) is 4.24. The summed E-state index contributed by atoms with van der Waals surface area (Å²) < 4.78 is 3.13. The van der Waals surface area contributed by atoms with Crippen molar-refractivity contribution in [2.45, 2.75) is 32.9 Å². The van der Waals surface area contributed by atoms with Gasteiger partial charge in [-0.15, -0.1) is 0 Å². The topological polar surface area (TPSA) is 90.8 Å². The average Bonchev–Trinajstić information content (AvgIpc) is 2.45. The van der Waals surface area contributed by atoms with E-state index in [1.165, 1.54) is 11.9 Å². The number of ketones is 1. The van der Waals surface area contributed by atoms with E-state index in [1.54, 1.807) is 6.20 Å². The number of carbonyl (C=O) groups excluding carboxylic acids is 1. The third-order valence-electron chi connectivity index (χ3n) is 2.79. The van der Waals surface area contributed by atoms with Gasteiger partial charge in [0.15, 0.2) is 5.78 Å². The molecule has 1 aromatic heterocycles. The number of rotatable bonds is 8. The minimum absolute atomic E-state index is 0.00292. The molecule has 0 spiro atoms. The van der Waals surface area contributed by atoms with Crippen LogP contribution in [0.2, 0.25) is 0 Å². The van der Waals surface area contributed by atoms with Gasteiger partial charge in [0.2, 0.25) is 0 Å². The van der Waals surface area contributed by atoms with Crippen molar-refractivity contribution >= 4 is 17.7 Å². The lowest BCUT2D eigenvalue weighted by atomic mass is 9.97. The Morgan fingerprint density at radius 2 is 2.30 bits per heavy atom. The number of nitrogens with one attached hydrogen (secondary N) is 1. The Kier molecular flexibility index (Phi) is 7.08. The van der Waals surface area contributed by atoms with E-state index < -0.39 is 0 Å². The van der Waals surface area contributed by atoms with Gasteiger partial charge in [0, 0.05) is 22.7 Å². The van der Waals surface area contributed by atoms with Crippen molar-refractivity contribution in [2.75, 3.05) is 6.26 Å². The Labute approximate surface area is 123 Å². The number of hydrogen-bond acceptors (Lipinski definition) is 5. The Morgan fingerprint density at radius 3 is 2.80 bits per heavy atom. The molecule has 0 aliphatic carbocycles. The Morgan fingerprint density at radius 1 is 1.55 bits per heavy atom. The van der Waals surface area contributed by atoms with E-state index >= 15 is 0 Å². The third kappa shape index (κ3) is 5.21. The van der Waals surface area contributed by atoms with Crippen LogP contribution in [0, 0.1) is 5.92 Å². The summed E-state index contributed by atoms with van der Waals surface area (Å²) in [6.45, 7) is 4.05. The van der Waals surface area contributed by atoms with Crippen LogP contribution in [0.15, 0.2) is 23.4 Å². The van der Waals surface area contributed by atoms with E-state index in [-0.39, 0.29) is 24.3 Å². The number of azide groups is 1. The Bertz CT molecular complexity index is 482. The standard InChI is InChI=1S/C13H19N5OS/c1-9(2)13(19)12(17-20-3)6-10-4-5-11(15-7-10)8-16-18-14/h4-5,7,9,12,17H,6,8H2,1-3H3/t12-/m0/s1. The van der Waals surface area contributed by atoms with Crippen LogP contribution in [0.3, 0.4) is 0 Å². The van der Waals surface area contributed by atoms with Crippen LogP contribution >= 0.6 is 11.9 Å². The predicted octanol–water partition coefficient (Wildman–Crippen LogP) is 2.90. The van der Waals surface area contributed by atoms with Crippen LogP contribution < -0.4 is 4.72 Å². The molecular weight excluding hydrogens is 274 g/mol. The minimum Gasteiger partial charge on any atom is -0.298 e. The molecule has 0 aromatic carbocycles. The van der Waals surface area contributed by atoms with Crippen LogP contribution in [-0.4, -0.2) is 23.1 Å². The SMILES string of the molecule is CSN[C@@H](Cc1ccc(CN=[N+]=[N-])nc1)C(=O)C(C)C. The van der Waals surface area contributed by atoms with E-state index in [0.717, 1.165) is 11.3 Å². The number of aromatic nitrogens is 1. The first-order valence-electron chi connectivity index (χ1n) is 6.35. The molecule has 0 aliphatic rings. The molecule has 0 aliphatic heterocycles. The maximum atomic E-state index is 12.1. The van der Waals surface area contributed by atoms with Gasteiger partial charge in [-0.25, -0.2) is 0 Å². The van der Waals surface area contributed by atoms with Gasteiger partial charge in [0.05, 0.1) is 12.6 Å². The molecule has 0 fully saturated rings. The van der Waals surface area contributed by atoms with E-state index in [4.69, 9.17) is 5.53 Å². The maximum Gasteiger partial charge on any atom is 0.153 e. The summed E-state index contributed by atoms with van der Waals surface area (Å²) in [6, 6.07) is 3.52. The minimum atomic E-state index is -0.213. The van der Waals surface area contributed by atoms with Crippen LogP contribution in [0.1, 0.15) is 25.1 Å². The highest BCUT2D eigenvalue weighted by atomic mass is 32.2. The van der Waals surface area contributed by atoms with Crippen molar-refractivity contribution < 1.29 is 4.79 Å². The van der Waals surface area contributed by atoms with Gasteiger partial charge in [0.25, 0.3) is 0 Å². The Balaban J connectivity index is 2.73. The second-order valence-electron chi connectivity index (χ2n) is 4.68. The van der Waals surface area contributed by atoms with Gasteiger partial charge in [-0.3, -0.25) is 14.5 Å². The molecule has 0 saturated heterocycles. The quantitative estimate of drug-likeness (QED) is 0.345. The van der Waals surface area contributed by atoms with Crippen LogP contribution in [0.5, 0.6) is 0 Å². The van der Waals surface area contributed by atoms with Crippen LogP contribution in [0.25, 0.3) is 10.4 Å². The number of hydrogen-bond donors (Lipinski definition) is 1. The highest BCUT2D eigenvalue weighted by molar-refractivity contribution is 7.96. The smallest absolute Gasteiger partial charge is 0.153 e. The summed E-state index contributed by atoms with van der Waals surface area (Å²) in [5.74, 6) is 0.189. The van der Waals surface area contributed by atoms with Gasteiger partial charge < -0.3 is 0 Å². The monoisotopic (exact) mass is 293 g/mol. The fourth-order valence-electron chi connectivity index (χ4n) is 1.75. The normalized spacial score (nSPS) is 12.0. The zero-order chi connectivity index (χ0) is 15.0. The fourth-order valence-corrected chi connectivity index (χ4v) is 2.24. The first kappa shape index (κ1) is 16.5. The van der Waals surface area contributed by atoms with Crippen molar-refractivity contribution in [1.29, 1.82) is 0 Å². The highest BCUT2D eigenvalue weighted by Gasteiger charge is 2.21. The highest BCUT2D eigenvalue weighted by Crippen LogP contribution is 2.10. The summed E-state index contributed by atoms with van der Waals surface area (Å²) in [5, 5.41) is 3.46. The summed E-state index contributed by atoms with van der Waals surface area (Å²) in [7, 11) is 0. The molecule has 1 atom stereocenters. The second kappa shape index (κ2) is 8.58. The summed E-state index contributed by atoms with van der Waals surface area (Å²) >= 11 is 1.44. The van der Waals surface area contributed by atoms with E-state index in [1.807, 2.05) is 32.2 Å². The van der Waals surface area contributed by atoms with Gasteiger partial charge in [-0.05, 0) is 29.8 Å². The number of pyridine rings is 1. The maximum absolute atomic E-state index is 12.1. The van der Waals surface area contributed by atoms with Crippen LogP contribution in [-0.2, 0) is 17.8 Å². The second-order valence-corrected chi connectivity index (χ2v) is 5.33. The first-order valence-corrected chi connectivity index (χ1v) is 7.57. The molecule has 0 radical (unpaired) electrons. The van der Waals surface area contributed by atoms with Crippen molar-refractivity contribution in [3.05, 3.63) is 40.0 Å². The molecule has 1 N–H and O–H groups in total. The molecule has 0 amide bonds. The third-order valence-corrected chi connectivity index (χ3v) is 3.31. The van der Waals surface area contributed by atoms with Crippen molar-refractivity contribution in [2.24, 2.45) is 11.0 Å². The van der Waals surface area contributed by atoms with Crippen molar-refractivity contribution in [1.82, 2.24) is 9.71 Å². The van der Waals surface area contributed by atoms with Gasteiger partial charge >= 0.3 is 0 Å².